The van der Waals surface area contributed by atoms with Gasteiger partial charge in [0.05, 0.1) is 17.9 Å². The predicted molar refractivity (Wildman–Crippen MR) is 130 cm³/mol. The zero-order valence-corrected chi connectivity index (χ0v) is 20.7. The van der Waals surface area contributed by atoms with E-state index in [1.807, 2.05) is 0 Å². The van der Waals surface area contributed by atoms with Gasteiger partial charge in [-0.05, 0) is 32.1 Å². The summed E-state index contributed by atoms with van der Waals surface area (Å²) in [6.45, 7) is 2.19. The van der Waals surface area contributed by atoms with Crippen LogP contribution in [0.5, 0.6) is 0 Å². The predicted octanol–water partition coefficient (Wildman–Crippen LogP) is 7.04. The van der Waals surface area contributed by atoms with E-state index >= 15 is 0 Å². The summed E-state index contributed by atoms with van der Waals surface area (Å²) in [5.41, 5.74) is 0. The molecule has 1 aliphatic rings. The van der Waals surface area contributed by atoms with Gasteiger partial charge in [-0.25, -0.2) is 0 Å². The van der Waals surface area contributed by atoms with E-state index in [0.717, 1.165) is 77.0 Å². The molecule has 0 amide bonds. The van der Waals surface area contributed by atoms with Crippen molar-refractivity contribution in [2.75, 3.05) is 6.61 Å². The Bertz CT molecular complexity index is 473. The first-order valence-corrected chi connectivity index (χ1v) is 13.6. The smallest absolute Gasteiger partial charge is 0.309 e. The summed E-state index contributed by atoms with van der Waals surface area (Å²) in [4.78, 5) is 23.6. The quantitative estimate of drug-likeness (QED) is 0.152. The second-order valence-electron chi connectivity index (χ2n) is 9.91. The first-order chi connectivity index (χ1) is 15.5. The lowest BCUT2D eigenvalue weighted by atomic mass is 9.89. The van der Waals surface area contributed by atoms with Gasteiger partial charge >= 0.3 is 11.9 Å². The van der Waals surface area contributed by atoms with Gasteiger partial charge in [-0.15, -0.1) is 0 Å². The molecule has 1 saturated carbocycles. The zero-order valence-electron chi connectivity index (χ0n) is 20.7. The minimum absolute atomic E-state index is 0.0180. The molecule has 0 aromatic rings. The molecule has 1 aliphatic carbocycles. The van der Waals surface area contributed by atoms with Crippen LogP contribution in [0.3, 0.4) is 0 Å². The Morgan fingerprint density at radius 1 is 0.781 bits per heavy atom. The Hall–Kier alpha value is -1.10. The third kappa shape index (κ3) is 14.9. The molecule has 2 N–H and O–H groups in total. The third-order valence-electron chi connectivity index (χ3n) is 6.95. The van der Waals surface area contributed by atoms with Crippen LogP contribution in [0, 0.1) is 11.8 Å². The number of carbonyl (C=O) groups excluding carboxylic acids is 1. The first-order valence-electron chi connectivity index (χ1n) is 13.6. The van der Waals surface area contributed by atoms with Gasteiger partial charge in [-0.2, -0.15) is 0 Å². The van der Waals surface area contributed by atoms with Gasteiger partial charge in [0, 0.05) is 0 Å². The van der Waals surface area contributed by atoms with E-state index < -0.39 is 11.9 Å². The molecule has 0 radical (unpaired) electrons. The lowest BCUT2D eigenvalue weighted by Crippen LogP contribution is -2.26. The number of carboxylic acid groups (broad SMARTS) is 1. The summed E-state index contributed by atoms with van der Waals surface area (Å²) < 4.78 is 5.35. The van der Waals surface area contributed by atoms with Gasteiger partial charge in [0.1, 0.15) is 6.61 Å². The number of aliphatic hydroxyl groups is 1. The molecule has 0 saturated heterocycles. The molecule has 1 fully saturated rings. The van der Waals surface area contributed by atoms with E-state index in [2.05, 4.69) is 6.92 Å². The lowest BCUT2D eigenvalue weighted by Gasteiger charge is -2.21. The average molecular weight is 455 g/mol. The number of rotatable bonds is 20. The van der Waals surface area contributed by atoms with Gasteiger partial charge < -0.3 is 14.9 Å². The van der Waals surface area contributed by atoms with Crippen molar-refractivity contribution in [3.63, 3.8) is 0 Å². The van der Waals surface area contributed by atoms with E-state index in [0.29, 0.717) is 6.42 Å². The van der Waals surface area contributed by atoms with Gasteiger partial charge in [0.15, 0.2) is 0 Å². The molecule has 2 atom stereocenters. The van der Waals surface area contributed by atoms with Gasteiger partial charge in [-0.3, -0.25) is 9.59 Å². The van der Waals surface area contributed by atoms with E-state index in [4.69, 9.17) is 4.74 Å². The zero-order chi connectivity index (χ0) is 23.4. The maximum absolute atomic E-state index is 12.1. The van der Waals surface area contributed by atoms with E-state index in [-0.39, 0.29) is 24.6 Å². The molecular formula is C27H50O5. The highest BCUT2D eigenvalue weighted by atomic mass is 16.5. The van der Waals surface area contributed by atoms with Crippen molar-refractivity contribution >= 4 is 11.9 Å². The van der Waals surface area contributed by atoms with Crippen LogP contribution in [0.4, 0.5) is 0 Å². The van der Waals surface area contributed by atoms with Crippen LogP contribution in [0.15, 0.2) is 0 Å². The molecule has 188 valence electrons. The maximum atomic E-state index is 12.1. The van der Waals surface area contributed by atoms with Crippen LogP contribution >= 0.6 is 0 Å². The summed E-state index contributed by atoms with van der Waals surface area (Å²) in [7, 11) is 0. The van der Waals surface area contributed by atoms with Crippen molar-refractivity contribution < 1.29 is 24.5 Å². The fraction of sp³-hybridized carbons (Fsp3) is 0.926. The normalized spacial score (nSPS) is 16.6. The molecule has 0 heterocycles. The molecule has 1 rings (SSSR count). The summed E-state index contributed by atoms with van der Waals surface area (Å²) >= 11 is 0. The van der Waals surface area contributed by atoms with E-state index in [9.17, 15) is 19.8 Å². The van der Waals surface area contributed by atoms with Crippen molar-refractivity contribution in [1.82, 2.24) is 0 Å². The highest BCUT2D eigenvalue weighted by molar-refractivity contribution is 5.74. The monoisotopic (exact) mass is 454 g/mol. The molecule has 0 aromatic heterocycles. The molecule has 5 heteroatoms. The van der Waals surface area contributed by atoms with Crippen molar-refractivity contribution in [3.05, 3.63) is 0 Å². The number of aliphatic hydroxyl groups excluding tert-OH is 1. The number of hydrogen-bond donors (Lipinski definition) is 2. The molecule has 5 nitrogen and oxygen atoms in total. The number of carbonyl (C=O) groups is 2. The van der Waals surface area contributed by atoms with Gasteiger partial charge in [0.25, 0.3) is 0 Å². The lowest BCUT2D eigenvalue weighted by molar-refractivity contribution is -0.155. The van der Waals surface area contributed by atoms with Crippen LogP contribution < -0.4 is 0 Å². The number of unbranched alkanes of at least 4 members (excludes halogenated alkanes) is 10. The molecule has 32 heavy (non-hydrogen) atoms. The Morgan fingerprint density at radius 2 is 1.28 bits per heavy atom. The Kier molecular flexibility index (Phi) is 17.5. The summed E-state index contributed by atoms with van der Waals surface area (Å²) in [6.07, 6.45) is 21.5. The second-order valence-corrected chi connectivity index (χ2v) is 9.91. The van der Waals surface area contributed by atoms with Crippen LogP contribution in [-0.4, -0.2) is 34.9 Å². The van der Waals surface area contributed by atoms with Crippen molar-refractivity contribution in [2.45, 2.75) is 141 Å². The van der Waals surface area contributed by atoms with Gasteiger partial charge in [-0.1, -0.05) is 103 Å². The van der Waals surface area contributed by atoms with E-state index in [1.165, 1.54) is 44.9 Å². The van der Waals surface area contributed by atoms with Crippen molar-refractivity contribution in [3.8, 4) is 0 Å². The largest absolute Gasteiger partial charge is 0.481 e. The number of aliphatic carboxylic acids is 1. The van der Waals surface area contributed by atoms with Crippen LogP contribution in [-0.2, 0) is 14.3 Å². The topological polar surface area (TPSA) is 83.8 Å². The second kappa shape index (κ2) is 19.4. The average Bonchev–Trinajstić information content (AvgIpc) is 2.80. The fourth-order valence-corrected chi connectivity index (χ4v) is 4.69. The Morgan fingerprint density at radius 3 is 1.81 bits per heavy atom. The molecule has 0 aromatic carbocycles. The highest BCUT2D eigenvalue weighted by Gasteiger charge is 2.25. The minimum atomic E-state index is -0.848. The fourth-order valence-electron chi connectivity index (χ4n) is 4.69. The Balaban J connectivity index is 1.94. The molecular weight excluding hydrogens is 404 g/mol. The molecule has 0 aliphatic heterocycles. The van der Waals surface area contributed by atoms with Crippen molar-refractivity contribution in [2.24, 2.45) is 11.8 Å². The van der Waals surface area contributed by atoms with Crippen LogP contribution in [0.25, 0.3) is 0 Å². The van der Waals surface area contributed by atoms with Crippen molar-refractivity contribution in [1.29, 1.82) is 0 Å². The maximum Gasteiger partial charge on any atom is 0.309 e. The number of hydrogen-bond acceptors (Lipinski definition) is 4. The summed E-state index contributed by atoms with van der Waals surface area (Å²) in [6, 6.07) is 0. The van der Waals surface area contributed by atoms with E-state index in [1.54, 1.807) is 0 Å². The van der Waals surface area contributed by atoms with Crippen LogP contribution in [0.2, 0.25) is 0 Å². The molecule has 2 unspecified atom stereocenters. The summed E-state index contributed by atoms with van der Waals surface area (Å²) in [5.74, 6) is -1.62. The highest BCUT2D eigenvalue weighted by Crippen LogP contribution is 2.25. The number of ether oxygens (including phenoxy) is 1. The minimum Gasteiger partial charge on any atom is -0.481 e. The molecule has 0 spiro atoms. The SMILES string of the molecule is CCCCC(O)CCCCCCCCCCCCC(COC(=O)C1CCCCC1)C(=O)O. The third-order valence-corrected chi connectivity index (χ3v) is 6.95. The summed E-state index contributed by atoms with van der Waals surface area (Å²) in [5, 5.41) is 19.3. The number of carboxylic acids is 1. The Labute approximate surface area is 196 Å². The van der Waals surface area contributed by atoms with Crippen LogP contribution in [0.1, 0.15) is 135 Å². The number of esters is 1. The standard InChI is InChI=1S/C27H50O5/c1-2-3-20-25(28)21-16-11-9-7-5-4-6-8-10-13-19-24(26(29)30)22-32-27(31)23-17-14-12-15-18-23/h23-25,28H,2-22H2,1H3,(H,29,30). The van der Waals surface area contributed by atoms with Gasteiger partial charge in [0.2, 0.25) is 0 Å². The first kappa shape index (κ1) is 28.9. The molecule has 0 bridgehead atoms.